The van der Waals surface area contributed by atoms with Gasteiger partial charge in [-0.2, -0.15) is 0 Å². The van der Waals surface area contributed by atoms with Crippen LogP contribution in [0.5, 0.6) is 0 Å². The summed E-state index contributed by atoms with van der Waals surface area (Å²) < 4.78 is 40.5. The van der Waals surface area contributed by atoms with Gasteiger partial charge >= 0.3 is 0 Å². The van der Waals surface area contributed by atoms with Crippen LogP contribution in [0.4, 0.5) is 13.2 Å². The number of halogens is 4. The molecule has 1 aromatic heterocycles. The molecular weight excluding hydrogens is 317 g/mol. The van der Waals surface area contributed by atoms with Gasteiger partial charge in [-0.05, 0) is 24.3 Å². The van der Waals surface area contributed by atoms with E-state index in [1.807, 2.05) is 6.07 Å². The number of aromatic nitrogens is 2. The summed E-state index contributed by atoms with van der Waals surface area (Å²) in [5, 5.41) is 0.105. The number of ketones is 1. The van der Waals surface area contributed by atoms with Crippen molar-refractivity contribution in [3.8, 4) is 0 Å². The summed E-state index contributed by atoms with van der Waals surface area (Å²) in [6.45, 7) is 0. The largest absolute Gasteiger partial charge is 0.288 e. The molecule has 0 bridgehead atoms. The van der Waals surface area contributed by atoms with Gasteiger partial charge in [-0.3, -0.25) is 9.78 Å². The van der Waals surface area contributed by atoms with Crippen molar-refractivity contribution in [2.45, 2.75) is 0 Å². The number of rotatable bonds is 2. The number of hydrogen-bond acceptors (Lipinski definition) is 3. The summed E-state index contributed by atoms with van der Waals surface area (Å²) in [6, 6.07) is 6.39. The van der Waals surface area contributed by atoms with Gasteiger partial charge < -0.3 is 0 Å². The van der Waals surface area contributed by atoms with E-state index < -0.39 is 28.8 Å². The summed E-state index contributed by atoms with van der Waals surface area (Å²) in [5.41, 5.74) is -0.345. The molecule has 0 unspecified atom stereocenters. The molecule has 3 aromatic rings. The van der Waals surface area contributed by atoms with E-state index >= 15 is 0 Å². The van der Waals surface area contributed by atoms with Gasteiger partial charge in [-0.1, -0.05) is 11.6 Å². The first-order chi connectivity index (χ1) is 10.5. The second-order valence-corrected chi connectivity index (χ2v) is 4.75. The lowest BCUT2D eigenvalue weighted by Gasteiger charge is -2.06. The first-order valence-corrected chi connectivity index (χ1v) is 6.37. The van der Waals surface area contributed by atoms with Crippen LogP contribution in [0.25, 0.3) is 11.0 Å². The van der Waals surface area contributed by atoms with E-state index in [4.69, 9.17) is 11.6 Å². The van der Waals surface area contributed by atoms with Crippen molar-refractivity contribution >= 4 is 28.4 Å². The molecule has 0 atom stereocenters. The molecule has 0 amide bonds. The second-order valence-electron chi connectivity index (χ2n) is 4.36. The van der Waals surface area contributed by atoms with Crippen molar-refractivity contribution in [1.29, 1.82) is 0 Å². The highest BCUT2D eigenvalue weighted by Crippen LogP contribution is 2.21. The van der Waals surface area contributed by atoms with Crippen molar-refractivity contribution in [2.75, 3.05) is 0 Å². The van der Waals surface area contributed by atoms with E-state index in [0.29, 0.717) is 11.6 Å². The second kappa shape index (κ2) is 5.38. The minimum atomic E-state index is -1.56. The maximum atomic E-state index is 13.7. The van der Waals surface area contributed by atoms with Crippen LogP contribution in [0.15, 0.2) is 30.5 Å². The minimum Gasteiger partial charge on any atom is -0.288 e. The zero-order valence-corrected chi connectivity index (χ0v) is 11.5. The molecule has 1 radical (unpaired) electrons. The molecule has 109 valence electrons. The van der Waals surface area contributed by atoms with E-state index in [1.54, 1.807) is 0 Å². The van der Waals surface area contributed by atoms with E-state index in [1.165, 1.54) is 24.4 Å². The maximum absolute atomic E-state index is 13.7. The van der Waals surface area contributed by atoms with Gasteiger partial charge in [0.1, 0.15) is 11.0 Å². The molecule has 0 fully saturated rings. The third kappa shape index (κ3) is 2.42. The van der Waals surface area contributed by atoms with Crippen LogP contribution in [0.2, 0.25) is 5.15 Å². The molecule has 1 heterocycles. The van der Waals surface area contributed by atoms with E-state index in [0.717, 1.165) is 0 Å². The van der Waals surface area contributed by atoms with E-state index in [2.05, 4.69) is 9.97 Å². The number of benzene rings is 2. The highest BCUT2D eigenvalue weighted by Gasteiger charge is 2.22. The molecule has 0 aliphatic rings. The fraction of sp³-hybridized carbons (Fsp3) is 0. The van der Waals surface area contributed by atoms with E-state index in [-0.39, 0.29) is 16.2 Å². The van der Waals surface area contributed by atoms with Crippen LogP contribution in [0, 0.1) is 23.5 Å². The monoisotopic (exact) mass is 321 g/mol. The van der Waals surface area contributed by atoms with E-state index in [9.17, 15) is 18.0 Å². The molecule has 0 saturated carbocycles. The number of carbonyl (C=O) groups excluding carboxylic acids is 1. The molecular formula is C15H5ClF3N2O. The molecule has 7 heteroatoms. The lowest BCUT2D eigenvalue weighted by Crippen LogP contribution is -2.09. The molecule has 3 nitrogen and oxygen atoms in total. The standard InChI is InChI=1S/C15H5ClF3N2O/c16-12-6-20-10-4-1-7(5-11(10)21-12)15(22)13-8(17)2-3-9(18)14(13)19/h1,3-6H. The normalized spacial score (nSPS) is 10.9. The van der Waals surface area contributed by atoms with Crippen molar-refractivity contribution in [1.82, 2.24) is 9.97 Å². The Morgan fingerprint density at radius 2 is 1.95 bits per heavy atom. The predicted octanol–water partition coefficient (Wildman–Crippen LogP) is 3.73. The van der Waals surface area contributed by atoms with Gasteiger partial charge in [0.25, 0.3) is 0 Å². The molecule has 3 rings (SSSR count). The van der Waals surface area contributed by atoms with Gasteiger partial charge in [0.2, 0.25) is 0 Å². The third-order valence-corrected chi connectivity index (χ3v) is 3.16. The highest BCUT2D eigenvalue weighted by molar-refractivity contribution is 6.29. The Morgan fingerprint density at radius 1 is 1.18 bits per heavy atom. The predicted molar refractivity (Wildman–Crippen MR) is 73.1 cm³/mol. The Kier molecular flexibility index (Phi) is 3.54. The van der Waals surface area contributed by atoms with Crippen LogP contribution >= 0.6 is 11.6 Å². The Labute approximate surface area is 127 Å². The summed E-state index contributed by atoms with van der Waals surface area (Å²) >= 11 is 5.71. The van der Waals surface area contributed by atoms with Crippen LogP contribution in [0.3, 0.4) is 0 Å². The third-order valence-electron chi connectivity index (χ3n) is 2.98. The molecule has 0 aliphatic heterocycles. The molecule has 22 heavy (non-hydrogen) atoms. The fourth-order valence-electron chi connectivity index (χ4n) is 1.95. The number of carbonyl (C=O) groups is 1. The van der Waals surface area contributed by atoms with Gasteiger partial charge in [-0.25, -0.2) is 18.2 Å². The number of nitrogens with zero attached hydrogens (tertiary/aromatic N) is 2. The summed E-state index contributed by atoms with van der Waals surface area (Å²) in [5.74, 6) is -5.19. The van der Waals surface area contributed by atoms with Crippen LogP contribution in [-0.2, 0) is 0 Å². The van der Waals surface area contributed by atoms with Gasteiger partial charge in [0, 0.05) is 11.6 Å². The van der Waals surface area contributed by atoms with Crippen molar-refractivity contribution in [2.24, 2.45) is 0 Å². The zero-order chi connectivity index (χ0) is 15.9. The van der Waals surface area contributed by atoms with Crippen LogP contribution in [-0.4, -0.2) is 15.8 Å². The lowest BCUT2D eigenvalue weighted by molar-refractivity contribution is 0.103. The quantitative estimate of drug-likeness (QED) is 0.533. The molecule has 2 aromatic carbocycles. The van der Waals surface area contributed by atoms with Gasteiger partial charge in [0.05, 0.1) is 22.8 Å². The van der Waals surface area contributed by atoms with Crippen molar-refractivity contribution in [3.63, 3.8) is 0 Å². The SMILES string of the molecule is O=C(c1ccc2ncc(Cl)nc2c1)c1c(F)[c]cc(F)c1F. The lowest BCUT2D eigenvalue weighted by atomic mass is 10.0. The molecule has 0 saturated heterocycles. The van der Waals surface area contributed by atoms with Crippen LogP contribution < -0.4 is 0 Å². The van der Waals surface area contributed by atoms with Gasteiger partial charge in [0.15, 0.2) is 17.4 Å². The zero-order valence-electron chi connectivity index (χ0n) is 10.7. The summed E-state index contributed by atoms with van der Waals surface area (Å²) in [7, 11) is 0. The molecule has 0 spiro atoms. The fourth-order valence-corrected chi connectivity index (χ4v) is 2.09. The molecule has 0 N–H and O–H groups in total. The topological polar surface area (TPSA) is 42.9 Å². The first-order valence-electron chi connectivity index (χ1n) is 5.99. The van der Waals surface area contributed by atoms with Crippen molar-refractivity contribution < 1.29 is 18.0 Å². The average Bonchev–Trinajstić information content (AvgIpc) is 2.50. The van der Waals surface area contributed by atoms with Gasteiger partial charge in [-0.15, -0.1) is 0 Å². The Morgan fingerprint density at radius 3 is 2.73 bits per heavy atom. The Bertz CT molecular complexity index is 915. The number of hydrogen-bond donors (Lipinski definition) is 0. The summed E-state index contributed by atoms with van der Waals surface area (Å²) in [4.78, 5) is 20.2. The Balaban J connectivity index is 2.15. The molecule has 0 aliphatic carbocycles. The summed E-state index contributed by atoms with van der Waals surface area (Å²) in [6.07, 6.45) is 1.33. The Hall–Kier alpha value is -2.47. The van der Waals surface area contributed by atoms with Crippen molar-refractivity contribution in [3.05, 3.63) is 70.3 Å². The minimum absolute atomic E-state index is 0.0686. The average molecular weight is 322 g/mol. The van der Waals surface area contributed by atoms with Crippen LogP contribution in [0.1, 0.15) is 15.9 Å². The number of fused-ring (bicyclic) bond motifs is 1. The highest BCUT2D eigenvalue weighted by atomic mass is 35.5. The first kappa shape index (κ1) is 14.5. The smallest absolute Gasteiger partial charge is 0.199 e. The maximum Gasteiger partial charge on any atom is 0.199 e.